The molecule has 0 saturated carbocycles. The summed E-state index contributed by atoms with van der Waals surface area (Å²) >= 11 is 5.74. The molecule has 28 heavy (non-hydrogen) atoms. The fourth-order valence-corrected chi connectivity index (χ4v) is 4.35. The zero-order valence-electron chi connectivity index (χ0n) is 14.4. The van der Waals surface area contributed by atoms with Crippen LogP contribution in [0, 0.1) is 17.1 Å². The first-order valence-electron chi connectivity index (χ1n) is 8.10. The number of nitrogens with two attached hydrogens (primary N) is 1. The number of hydrogen-bond acceptors (Lipinski definition) is 7. The predicted molar refractivity (Wildman–Crippen MR) is 97.5 cm³/mol. The highest BCUT2D eigenvalue weighted by Crippen LogP contribution is 2.30. The molecule has 0 radical (unpaired) electrons. The summed E-state index contributed by atoms with van der Waals surface area (Å²) in [4.78, 5) is 3.81. The van der Waals surface area contributed by atoms with Crippen LogP contribution in [-0.2, 0) is 10.0 Å². The van der Waals surface area contributed by atoms with Crippen LogP contribution in [0.15, 0.2) is 41.6 Å². The molecule has 3 rings (SSSR count). The van der Waals surface area contributed by atoms with Crippen LogP contribution in [-0.4, -0.2) is 54.2 Å². The van der Waals surface area contributed by atoms with Crippen molar-refractivity contribution in [2.75, 3.05) is 19.6 Å². The Morgan fingerprint density at radius 1 is 1.46 bits per heavy atom. The standard InChI is InChI=1S/C17H16ClFN4O4S/c18-12-2-4-16(22-7-12)28(25,26)23-8-15(17(24,9-21)10-23)27-13-3-1-11(6-20)14(19)5-13/h1-5,7,15,24H,8-10,21H2/t15-,17+/m0/s1. The van der Waals surface area contributed by atoms with E-state index in [-0.39, 0.29) is 41.0 Å². The second-order valence-electron chi connectivity index (χ2n) is 6.28. The third kappa shape index (κ3) is 3.80. The van der Waals surface area contributed by atoms with Gasteiger partial charge in [0.25, 0.3) is 10.0 Å². The lowest BCUT2D eigenvalue weighted by Gasteiger charge is -2.27. The molecule has 2 heterocycles. The van der Waals surface area contributed by atoms with Gasteiger partial charge in [-0.05, 0) is 24.3 Å². The molecule has 1 aromatic carbocycles. The van der Waals surface area contributed by atoms with Crippen molar-refractivity contribution in [3.8, 4) is 11.8 Å². The van der Waals surface area contributed by atoms with E-state index < -0.39 is 27.5 Å². The Kier molecular flexibility index (Phi) is 5.56. The summed E-state index contributed by atoms with van der Waals surface area (Å²) < 4.78 is 46.0. The van der Waals surface area contributed by atoms with E-state index >= 15 is 0 Å². The Labute approximate surface area is 166 Å². The van der Waals surface area contributed by atoms with Crippen LogP contribution in [0.3, 0.4) is 0 Å². The molecule has 0 bridgehead atoms. The highest BCUT2D eigenvalue weighted by Gasteiger charge is 2.50. The lowest BCUT2D eigenvalue weighted by molar-refractivity contribution is -0.0201. The minimum absolute atomic E-state index is 0.0391. The van der Waals surface area contributed by atoms with Crippen LogP contribution in [0.5, 0.6) is 5.75 Å². The number of pyridine rings is 1. The van der Waals surface area contributed by atoms with Crippen LogP contribution in [0.4, 0.5) is 4.39 Å². The van der Waals surface area contributed by atoms with E-state index in [4.69, 9.17) is 27.3 Å². The second kappa shape index (κ2) is 7.62. The Morgan fingerprint density at radius 2 is 2.21 bits per heavy atom. The zero-order valence-corrected chi connectivity index (χ0v) is 16.0. The quantitative estimate of drug-likeness (QED) is 0.726. The molecule has 1 saturated heterocycles. The lowest BCUT2D eigenvalue weighted by atomic mass is 10.0. The van der Waals surface area contributed by atoms with E-state index in [0.29, 0.717) is 0 Å². The Hall–Kier alpha value is -2.29. The first-order chi connectivity index (χ1) is 13.2. The van der Waals surface area contributed by atoms with Gasteiger partial charge in [-0.1, -0.05) is 11.6 Å². The van der Waals surface area contributed by atoms with Gasteiger partial charge in [0.05, 0.1) is 17.1 Å². The van der Waals surface area contributed by atoms with E-state index in [9.17, 15) is 17.9 Å². The number of aliphatic hydroxyl groups is 1. The fraction of sp³-hybridized carbons (Fsp3) is 0.294. The van der Waals surface area contributed by atoms with Gasteiger partial charge in [-0.15, -0.1) is 0 Å². The van der Waals surface area contributed by atoms with Gasteiger partial charge in [-0.2, -0.15) is 9.57 Å². The van der Waals surface area contributed by atoms with Crippen LogP contribution < -0.4 is 10.5 Å². The van der Waals surface area contributed by atoms with E-state index in [1.807, 2.05) is 0 Å². The number of aromatic nitrogens is 1. The first-order valence-corrected chi connectivity index (χ1v) is 9.92. The van der Waals surface area contributed by atoms with Crippen molar-refractivity contribution in [1.82, 2.24) is 9.29 Å². The molecule has 11 heteroatoms. The largest absolute Gasteiger partial charge is 0.486 e. The fourth-order valence-electron chi connectivity index (χ4n) is 2.82. The molecule has 2 aromatic rings. The smallest absolute Gasteiger partial charge is 0.260 e. The molecule has 2 atom stereocenters. The average Bonchev–Trinajstić information content (AvgIpc) is 3.00. The number of nitriles is 1. The van der Waals surface area contributed by atoms with Crippen molar-refractivity contribution in [1.29, 1.82) is 5.26 Å². The summed E-state index contributed by atoms with van der Waals surface area (Å²) in [6, 6.07) is 7.91. The maximum atomic E-state index is 13.8. The molecule has 3 N–H and O–H groups in total. The molecular formula is C17H16ClFN4O4S. The SMILES string of the molecule is N#Cc1ccc(O[C@H]2CN(S(=O)(=O)c3ccc(Cl)cn3)C[C@]2(O)CN)cc1F. The Balaban J connectivity index is 1.86. The van der Waals surface area contributed by atoms with Crippen LogP contribution in [0.25, 0.3) is 0 Å². The van der Waals surface area contributed by atoms with Gasteiger partial charge in [0.15, 0.2) is 5.03 Å². The number of rotatable bonds is 5. The maximum Gasteiger partial charge on any atom is 0.260 e. The number of sulfonamides is 1. The van der Waals surface area contributed by atoms with Crippen molar-refractivity contribution in [2.45, 2.75) is 16.7 Å². The molecule has 0 amide bonds. The van der Waals surface area contributed by atoms with Crippen LogP contribution in [0.1, 0.15) is 5.56 Å². The summed E-state index contributed by atoms with van der Waals surface area (Å²) in [5.41, 5.74) is 3.80. The maximum absolute atomic E-state index is 13.8. The van der Waals surface area contributed by atoms with Gasteiger partial charge in [0.2, 0.25) is 0 Å². The molecule has 1 aliphatic rings. The van der Waals surface area contributed by atoms with Gasteiger partial charge in [-0.3, -0.25) is 0 Å². The van der Waals surface area contributed by atoms with E-state index in [0.717, 1.165) is 10.4 Å². The Morgan fingerprint density at radius 3 is 2.79 bits per heavy atom. The van der Waals surface area contributed by atoms with E-state index in [2.05, 4.69) is 4.98 Å². The summed E-state index contributed by atoms with van der Waals surface area (Å²) in [5, 5.41) is 19.6. The second-order valence-corrected chi connectivity index (χ2v) is 8.60. The summed E-state index contributed by atoms with van der Waals surface area (Å²) in [7, 11) is -4.03. The summed E-state index contributed by atoms with van der Waals surface area (Å²) in [6.45, 7) is -0.821. The molecule has 1 aliphatic heterocycles. The number of hydrogen-bond donors (Lipinski definition) is 2. The third-order valence-corrected chi connectivity index (χ3v) is 6.37. The average molecular weight is 427 g/mol. The van der Waals surface area contributed by atoms with Crippen molar-refractivity contribution in [2.24, 2.45) is 5.73 Å². The number of ether oxygens (including phenoxy) is 1. The molecule has 148 valence electrons. The van der Waals surface area contributed by atoms with Crippen molar-refractivity contribution in [3.63, 3.8) is 0 Å². The number of β-amino-alcohol motifs (C(OH)–C–C–N with tert-alkyl or cyclic N) is 1. The third-order valence-electron chi connectivity index (χ3n) is 4.42. The van der Waals surface area contributed by atoms with Crippen LogP contribution >= 0.6 is 11.6 Å². The number of benzene rings is 1. The highest BCUT2D eigenvalue weighted by molar-refractivity contribution is 7.89. The number of nitrogens with zero attached hydrogens (tertiary/aromatic N) is 3. The van der Waals surface area contributed by atoms with Crippen molar-refractivity contribution in [3.05, 3.63) is 52.9 Å². The lowest BCUT2D eigenvalue weighted by Crippen LogP contribution is -2.50. The topological polar surface area (TPSA) is 130 Å². The normalized spacial score (nSPS) is 22.8. The van der Waals surface area contributed by atoms with Gasteiger partial charge in [0, 0.05) is 25.4 Å². The molecule has 8 nitrogen and oxygen atoms in total. The number of halogens is 2. The molecular weight excluding hydrogens is 411 g/mol. The van der Waals surface area contributed by atoms with Gasteiger partial charge in [0.1, 0.15) is 29.3 Å². The summed E-state index contributed by atoms with van der Waals surface area (Å²) in [5.74, 6) is -0.749. The molecule has 1 aromatic heterocycles. The van der Waals surface area contributed by atoms with Crippen molar-refractivity contribution < 1.29 is 22.7 Å². The minimum atomic E-state index is -4.03. The highest BCUT2D eigenvalue weighted by atomic mass is 35.5. The van der Waals surface area contributed by atoms with Crippen LogP contribution in [0.2, 0.25) is 5.02 Å². The molecule has 1 fully saturated rings. The van der Waals surface area contributed by atoms with Gasteiger partial charge in [-0.25, -0.2) is 17.8 Å². The summed E-state index contributed by atoms with van der Waals surface area (Å²) in [6.07, 6.45) is 0.152. The van der Waals surface area contributed by atoms with Gasteiger partial charge < -0.3 is 15.6 Å². The first kappa shape index (κ1) is 20.4. The zero-order chi connectivity index (χ0) is 20.5. The van der Waals surface area contributed by atoms with E-state index in [1.165, 1.54) is 30.5 Å². The molecule has 0 spiro atoms. The Bertz CT molecular complexity index is 1030. The van der Waals surface area contributed by atoms with Crippen molar-refractivity contribution >= 4 is 21.6 Å². The van der Waals surface area contributed by atoms with Gasteiger partial charge >= 0.3 is 0 Å². The molecule has 0 unspecified atom stereocenters. The predicted octanol–water partition coefficient (Wildman–Crippen LogP) is 0.887. The monoisotopic (exact) mass is 426 g/mol. The molecule has 0 aliphatic carbocycles. The minimum Gasteiger partial charge on any atom is -0.486 e. The van der Waals surface area contributed by atoms with E-state index in [1.54, 1.807) is 6.07 Å².